The maximum Gasteiger partial charge on any atom is 0.179 e. The predicted octanol–water partition coefficient (Wildman–Crippen LogP) is 3.16. The van der Waals surface area contributed by atoms with Crippen molar-refractivity contribution in [2.75, 3.05) is 12.3 Å². The van der Waals surface area contributed by atoms with Crippen LogP contribution in [0.15, 0.2) is 29.2 Å². The van der Waals surface area contributed by atoms with Crippen molar-refractivity contribution in [3.63, 3.8) is 0 Å². The van der Waals surface area contributed by atoms with E-state index >= 15 is 0 Å². The van der Waals surface area contributed by atoms with Gasteiger partial charge in [-0.25, -0.2) is 12.8 Å². The van der Waals surface area contributed by atoms with Crippen molar-refractivity contribution in [1.82, 2.24) is 5.32 Å². The van der Waals surface area contributed by atoms with Crippen LogP contribution in [0.3, 0.4) is 0 Å². The van der Waals surface area contributed by atoms with E-state index in [0.29, 0.717) is 5.92 Å². The molecule has 3 nitrogen and oxygen atoms in total. The number of nitrogens with one attached hydrogen (secondary N) is 1. The molecule has 0 bridgehead atoms. The summed E-state index contributed by atoms with van der Waals surface area (Å²) >= 11 is 0. The molecule has 2 rings (SSSR count). The number of hydrogen-bond acceptors (Lipinski definition) is 3. The molecule has 0 radical (unpaired) electrons. The fraction of sp³-hybridized carbons (Fsp3) is 0.625. The summed E-state index contributed by atoms with van der Waals surface area (Å²) in [7, 11) is -3.38. The zero-order chi connectivity index (χ0) is 15.3. The van der Waals surface area contributed by atoms with Gasteiger partial charge in [0, 0.05) is 6.04 Å². The highest BCUT2D eigenvalue weighted by Crippen LogP contribution is 2.28. The van der Waals surface area contributed by atoms with Crippen molar-refractivity contribution in [3.05, 3.63) is 30.1 Å². The van der Waals surface area contributed by atoms with Crippen LogP contribution in [0.25, 0.3) is 0 Å². The summed E-state index contributed by atoms with van der Waals surface area (Å²) in [5.41, 5.74) is 0. The Morgan fingerprint density at radius 3 is 2.38 bits per heavy atom. The third kappa shape index (κ3) is 4.51. The molecule has 0 heterocycles. The van der Waals surface area contributed by atoms with E-state index in [0.717, 1.165) is 19.4 Å². The van der Waals surface area contributed by atoms with Crippen LogP contribution in [0, 0.1) is 11.7 Å². The lowest BCUT2D eigenvalue weighted by atomic mass is 9.84. The monoisotopic (exact) mass is 313 g/mol. The third-order valence-electron chi connectivity index (χ3n) is 4.26. The summed E-state index contributed by atoms with van der Waals surface area (Å²) in [4.78, 5) is 0.211. The van der Waals surface area contributed by atoms with E-state index in [1.54, 1.807) is 0 Å². The number of hydrogen-bond donors (Lipinski definition) is 1. The van der Waals surface area contributed by atoms with Gasteiger partial charge < -0.3 is 5.32 Å². The molecule has 0 aromatic heterocycles. The zero-order valence-corrected chi connectivity index (χ0v) is 13.3. The smallest absolute Gasteiger partial charge is 0.179 e. The largest absolute Gasteiger partial charge is 0.313 e. The molecule has 1 saturated carbocycles. The molecule has 0 spiro atoms. The van der Waals surface area contributed by atoms with Gasteiger partial charge in [-0.2, -0.15) is 0 Å². The number of benzene rings is 1. The Labute approximate surface area is 126 Å². The Hall–Kier alpha value is -0.940. The second-order valence-electron chi connectivity index (χ2n) is 5.80. The maximum absolute atomic E-state index is 12.9. The quantitative estimate of drug-likeness (QED) is 0.821. The van der Waals surface area contributed by atoms with E-state index in [1.807, 2.05) is 6.92 Å². The van der Waals surface area contributed by atoms with Gasteiger partial charge in [-0.05, 0) is 49.6 Å². The van der Waals surface area contributed by atoms with Gasteiger partial charge in [0.1, 0.15) is 5.82 Å². The normalized spacial score (nSPS) is 18.6. The van der Waals surface area contributed by atoms with Crippen LogP contribution in [-0.2, 0) is 9.84 Å². The first kappa shape index (κ1) is 16.4. The van der Waals surface area contributed by atoms with Crippen molar-refractivity contribution in [3.8, 4) is 0 Å². The summed E-state index contributed by atoms with van der Waals surface area (Å²) < 4.78 is 38.0. The minimum absolute atomic E-state index is 0.00893. The minimum atomic E-state index is -3.38. The Balaban J connectivity index is 2.12. The SMILES string of the molecule is CCNC(CS(=O)(=O)c1ccc(F)cc1)C1CCCCC1. The molecule has 21 heavy (non-hydrogen) atoms. The lowest BCUT2D eigenvalue weighted by molar-refractivity contribution is 0.285. The van der Waals surface area contributed by atoms with E-state index in [-0.39, 0.29) is 16.7 Å². The molecule has 0 aliphatic heterocycles. The fourth-order valence-corrected chi connectivity index (χ4v) is 4.74. The first-order valence-corrected chi connectivity index (χ1v) is 9.40. The molecule has 1 aromatic rings. The molecule has 1 fully saturated rings. The average Bonchev–Trinajstić information content (AvgIpc) is 2.48. The van der Waals surface area contributed by atoms with Gasteiger partial charge in [0.2, 0.25) is 0 Å². The molecular weight excluding hydrogens is 289 g/mol. The number of sulfone groups is 1. The van der Waals surface area contributed by atoms with Gasteiger partial charge in [0.25, 0.3) is 0 Å². The highest BCUT2D eigenvalue weighted by molar-refractivity contribution is 7.91. The van der Waals surface area contributed by atoms with E-state index in [9.17, 15) is 12.8 Å². The first-order valence-electron chi connectivity index (χ1n) is 7.74. The van der Waals surface area contributed by atoms with Gasteiger partial charge in [0.05, 0.1) is 10.6 Å². The van der Waals surface area contributed by atoms with Crippen molar-refractivity contribution >= 4 is 9.84 Å². The van der Waals surface area contributed by atoms with Crippen molar-refractivity contribution in [2.24, 2.45) is 5.92 Å². The molecule has 1 atom stereocenters. The van der Waals surface area contributed by atoms with Crippen LogP contribution in [0.2, 0.25) is 0 Å². The van der Waals surface area contributed by atoms with E-state index in [4.69, 9.17) is 0 Å². The van der Waals surface area contributed by atoms with Crippen LogP contribution in [0.5, 0.6) is 0 Å². The Morgan fingerprint density at radius 2 is 1.81 bits per heavy atom. The molecule has 1 N–H and O–H groups in total. The summed E-state index contributed by atoms with van der Waals surface area (Å²) in [5, 5.41) is 3.34. The Morgan fingerprint density at radius 1 is 1.19 bits per heavy atom. The highest BCUT2D eigenvalue weighted by atomic mass is 32.2. The molecule has 5 heteroatoms. The van der Waals surface area contributed by atoms with Gasteiger partial charge in [0.15, 0.2) is 9.84 Å². The van der Waals surface area contributed by atoms with Gasteiger partial charge in [-0.1, -0.05) is 26.2 Å². The first-order chi connectivity index (χ1) is 10.0. The van der Waals surface area contributed by atoms with E-state index < -0.39 is 15.7 Å². The molecule has 0 saturated heterocycles. The van der Waals surface area contributed by atoms with Crippen molar-refractivity contribution < 1.29 is 12.8 Å². The Bertz CT molecular complexity index is 536. The lowest BCUT2D eigenvalue weighted by Crippen LogP contribution is -2.42. The summed E-state index contributed by atoms with van der Waals surface area (Å²) in [6.07, 6.45) is 5.81. The average molecular weight is 313 g/mol. The van der Waals surface area contributed by atoms with Crippen LogP contribution in [0.4, 0.5) is 4.39 Å². The molecule has 1 aromatic carbocycles. The number of halogens is 1. The Kier molecular flexibility index (Phi) is 5.76. The zero-order valence-electron chi connectivity index (χ0n) is 12.5. The summed E-state index contributed by atoms with van der Waals surface area (Å²) in [5.74, 6) is 0.107. The van der Waals surface area contributed by atoms with Crippen LogP contribution in [-0.4, -0.2) is 26.8 Å². The van der Waals surface area contributed by atoms with E-state index in [1.165, 1.54) is 43.5 Å². The van der Waals surface area contributed by atoms with Crippen molar-refractivity contribution in [1.29, 1.82) is 0 Å². The van der Waals surface area contributed by atoms with Gasteiger partial charge in [-0.15, -0.1) is 0 Å². The predicted molar refractivity (Wildman–Crippen MR) is 82.5 cm³/mol. The van der Waals surface area contributed by atoms with Crippen LogP contribution in [0.1, 0.15) is 39.0 Å². The van der Waals surface area contributed by atoms with Crippen LogP contribution >= 0.6 is 0 Å². The molecule has 0 amide bonds. The fourth-order valence-electron chi connectivity index (χ4n) is 3.13. The van der Waals surface area contributed by atoms with E-state index in [2.05, 4.69) is 5.32 Å². The molecule has 1 aliphatic carbocycles. The topological polar surface area (TPSA) is 46.2 Å². The van der Waals surface area contributed by atoms with Gasteiger partial charge >= 0.3 is 0 Å². The molecular formula is C16H24FNO2S. The second kappa shape index (κ2) is 7.36. The maximum atomic E-state index is 12.9. The van der Waals surface area contributed by atoms with Crippen LogP contribution < -0.4 is 5.32 Å². The standard InChI is InChI=1S/C16H24FNO2S/c1-2-18-16(13-6-4-3-5-7-13)12-21(19,20)15-10-8-14(17)9-11-15/h8-11,13,16,18H,2-7,12H2,1H3. The second-order valence-corrected chi connectivity index (χ2v) is 7.83. The van der Waals surface area contributed by atoms with Gasteiger partial charge in [-0.3, -0.25) is 0 Å². The molecule has 118 valence electrons. The lowest BCUT2D eigenvalue weighted by Gasteiger charge is -2.30. The summed E-state index contributed by atoms with van der Waals surface area (Å²) in [6, 6.07) is 5.11. The minimum Gasteiger partial charge on any atom is -0.313 e. The van der Waals surface area contributed by atoms with Crippen molar-refractivity contribution in [2.45, 2.75) is 50.0 Å². The third-order valence-corrected chi connectivity index (χ3v) is 6.05. The molecule has 1 unspecified atom stereocenters. The number of rotatable bonds is 6. The summed E-state index contributed by atoms with van der Waals surface area (Å²) in [6.45, 7) is 2.76. The highest BCUT2D eigenvalue weighted by Gasteiger charge is 2.28. The molecule has 1 aliphatic rings.